The first-order valence-electron chi connectivity index (χ1n) is 10.3. The first-order chi connectivity index (χ1) is 14.1. The van der Waals surface area contributed by atoms with Crippen LogP contribution in [0.15, 0.2) is 54.6 Å². The van der Waals surface area contributed by atoms with Gasteiger partial charge >= 0.3 is 0 Å². The van der Waals surface area contributed by atoms with Crippen molar-refractivity contribution in [3.63, 3.8) is 0 Å². The van der Waals surface area contributed by atoms with Crippen LogP contribution in [0.2, 0.25) is 0 Å². The van der Waals surface area contributed by atoms with E-state index in [9.17, 15) is 4.79 Å². The molecule has 5 nitrogen and oxygen atoms in total. The Bertz CT molecular complexity index is 744. The lowest BCUT2D eigenvalue weighted by Gasteiger charge is -2.28. The fourth-order valence-corrected chi connectivity index (χ4v) is 3.80. The van der Waals surface area contributed by atoms with Crippen molar-refractivity contribution in [1.82, 2.24) is 5.48 Å². The lowest BCUT2D eigenvalue weighted by Crippen LogP contribution is -2.33. The lowest BCUT2D eigenvalue weighted by molar-refractivity contribution is 0.103. The minimum absolute atomic E-state index is 0.0575. The molecule has 29 heavy (non-hydrogen) atoms. The van der Waals surface area contributed by atoms with Crippen LogP contribution in [0.1, 0.15) is 55.5 Å². The van der Waals surface area contributed by atoms with Crippen molar-refractivity contribution in [2.24, 2.45) is 5.92 Å². The average Bonchev–Trinajstić information content (AvgIpc) is 2.76. The monoisotopic (exact) mass is 414 g/mol. The highest BCUT2D eigenvalue weighted by molar-refractivity contribution is 7.89. The predicted octanol–water partition coefficient (Wildman–Crippen LogP) is 5.40. The zero-order chi connectivity index (χ0) is 20.5. The van der Waals surface area contributed by atoms with E-state index in [2.05, 4.69) is 10.8 Å². The number of hydroxylamine groups is 1. The number of anilines is 1. The van der Waals surface area contributed by atoms with E-state index >= 15 is 0 Å². The number of rotatable bonds is 10. The van der Waals surface area contributed by atoms with Crippen LogP contribution in [-0.2, 0) is 8.47 Å². The van der Waals surface area contributed by atoms with Gasteiger partial charge < -0.3 is 5.32 Å². The van der Waals surface area contributed by atoms with Crippen LogP contribution in [0.5, 0.6) is 0 Å². The van der Waals surface area contributed by atoms with Gasteiger partial charge in [-0.2, -0.15) is 5.48 Å². The second-order valence-corrected chi connectivity index (χ2v) is 8.28. The zero-order valence-electron chi connectivity index (χ0n) is 17.1. The molecule has 1 saturated carbocycles. The first kappa shape index (κ1) is 21.8. The average molecular weight is 415 g/mol. The number of hydrogen-bond donors (Lipinski definition) is 2. The van der Waals surface area contributed by atoms with E-state index in [-0.39, 0.29) is 11.9 Å². The Morgan fingerprint density at radius 3 is 2.31 bits per heavy atom. The highest BCUT2D eigenvalue weighted by Crippen LogP contribution is 2.25. The number of hydrogen-bond acceptors (Lipinski definition) is 6. The third kappa shape index (κ3) is 7.16. The molecule has 0 aliphatic heterocycles. The van der Waals surface area contributed by atoms with Crippen molar-refractivity contribution < 1.29 is 13.3 Å². The van der Waals surface area contributed by atoms with E-state index in [0.29, 0.717) is 17.5 Å². The first-order valence-corrected chi connectivity index (χ1v) is 11.0. The number of carbonyl (C=O) groups is 1. The molecule has 2 aromatic rings. The van der Waals surface area contributed by atoms with Crippen molar-refractivity contribution in [1.29, 1.82) is 0 Å². The van der Waals surface area contributed by atoms with E-state index in [4.69, 9.17) is 8.47 Å². The molecule has 1 aliphatic rings. The minimum Gasteiger partial charge on any atom is -0.385 e. The second kappa shape index (κ2) is 11.4. The molecule has 1 aliphatic carbocycles. The highest BCUT2D eigenvalue weighted by atomic mass is 32.2. The lowest BCUT2D eigenvalue weighted by atomic mass is 9.86. The molecule has 156 valence electrons. The van der Waals surface area contributed by atoms with Crippen molar-refractivity contribution in [2.45, 2.75) is 51.7 Å². The van der Waals surface area contributed by atoms with Gasteiger partial charge in [0, 0.05) is 29.4 Å². The molecule has 0 aromatic heterocycles. The van der Waals surface area contributed by atoms with Gasteiger partial charge in [0.15, 0.2) is 18.1 Å². The summed E-state index contributed by atoms with van der Waals surface area (Å²) in [4.78, 5) is 12.5. The van der Waals surface area contributed by atoms with Gasteiger partial charge in [0.05, 0.1) is 6.10 Å². The fraction of sp³-hybridized carbons (Fsp3) is 0.435. The molecule has 6 heteroatoms. The largest absolute Gasteiger partial charge is 0.385 e. The van der Waals surface area contributed by atoms with Crippen LogP contribution in [0.3, 0.4) is 0 Å². The van der Waals surface area contributed by atoms with Gasteiger partial charge in [0.25, 0.3) is 0 Å². The zero-order valence-corrected chi connectivity index (χ0v) is 17.9. The maximum atomic E-state index is 12.5. The maximum absolute atomic E-state index is 12.5. The second-order valence-electron chi connectivity index (χ2n) is 7.79. The van der Waals surface area contributed by atoms with E-state index in [1.165, 1.54) is 0 Å². The smallest absolute Gasteiger partial charge is 0.193 e. The normalized spacial score (nSPS) is 19.3. The molecule has 0 atom stereocenters. The predicted molar refractivity (Wildman–Crippen MR) is 119 cm³/mol. The van der Waals surface area contributed by atoms with Gasteiger partial charge in [-0.3, -0.25) is 8.98 Å². The van der Waals surface area contributed by atoms with Crippen molar-refractivity contribution in [2.75, 3.05) is 11.9 Å². The van der Waals surface area contributed by atoms with Crippen LogP contribution in [0, 0.1) is 5.92 Å². The summed E-state index contributed by atoms with van der Waals surface area (Å²) >= 11 is 1.02. The molecular formula is C23H30N2O3S. The number of benzene rings is 2. The molecule has 2 aromatic carbocycles. The van der Waals surface area contributed by atoms with Gasteiger partial charge in [-0.05, 0) is 69.7 Å². The third-order valence-corrected chi connectivity index (χ3v) is 5.73. The van der Waals surface area contributed by atoms with Crippen LogP contribution in [0.25, 0.3) is 0 Å². The molecular weight excluding hydrogens is 384 g/mol. The van der Waals surface area contributed by atoms with Crippen LogP contribution in [-0.4, -0.2) is 24.5 Å². The van der Waals surface area contributed by atoms with Crippen LogP contribution >= 0.6 is 12.3 Å². The van der Waals surface area contributed by atoms with Crippen LogP contribution in [0.4, 0.5) is 5.69 Å². The minimum atomic E-state index is 0.0575. The fourth-order valence-electron chi connectivity index (χ4n) is 3.43. The Morgan fingerprint density at radius 1 is 1.00 bits per heavy atom. The van der Waals surface area contributed by atoms with Gasteiger partial charge in [-0.15, -0.1) is 0 Å². The standard InChI is InChI=1S/C23H30N2O3S/c1-17(2)27-29-28-25-22-12-8-18(9-13-22)16-24-21-14-10-20(11-15-21)23(26)19-6-4-3-5-7-19/h3-7,10-11,14-15,17-18,22,24-25H,8-9,12-13,16H2,1-2H3. The summed E-state index contributed by atoms with van der Waals surface area (Å²) in [5, 5.41) is 3.51. The topological polar surface area (TPSA) is 59.6 Å². The van der Waals surface area contributed by atoms with E-state index in [0.717, 1.165) is 55.8 Å². The van der Waals surface area contributed by atoms with Gasteiger partial charge in [0.1, 0.15) is 0 Å². The summed E-state index contributed by atoms with van der Waals surface area (Å²) in [5.41, 5.74) is 5.58. The number of nitrogens with one attached hydrogen (secondary N) is 2. The number of ketones is 1. The third-order valence-electron chi connectivity index (χ3n) is 5.11. The SMILES string of the molecule is CC(C)OSONC1CCC(CNc2ccc(C(=O)c3ccccc3)cc2)CC1. The summed E-state index contributed by atoms with van der Waals surface area (Å²) in [6, 6.07) is 17.5. The van der Waals surface area contributed by atoms with E-state index in [1.807, 2.05) is 68.4 Å². The van der Waals surface area contributed by atoms with E-state index in [1.54, 1.807) is 0 Å². The molecule has 0 amide bonds. The molecule has 3 rings (SSSR count). The summed E-state index contributed by atoms with van der Waals surface area (Å²) in [7, 11) is 0. The van der Waals surface area contributed by atoms with E-state index < -0.39 is 0 Å². The molecule has 2 N–H and O–H groups in total. The Balaban J connectivity index is 1.37. The Hall–Kier alpha value is -1.86. The van der Waals surface area contributed by atoms with Crippen molar-refractivity contribution in [3.8, 4) is 0 Å². The molecule has 0 heterocycles. The Labute approximate surface area is 177 Å². The Kier molecular flexibility index (Phi) is 8.55. The van der Waals surface area contributed by atoms with Gasteiger partial charge in [-0.1, -0.05) is 30.3 Å². The molecule has 1 fully saturated rings. The van der Waals surface area contributed by atoms with Crippen molar-refractivity contribution in [3.05, 3.63) is 65.7 Å². The maximum Gasteiger partial charge on any atom is 0.193 e. The summed E-state index contributed by atoms with van der Waals surface area (Å²) in [5.74, 6) is 0.709. The summed E-state index contributed by atoms with van der Waals surface area (Å²) in [6.45, 7) is 4.90. The Morgan fingerprint density at radius 2 is 1.66 bits per heavy atom. The van der Waals surface area contributed by atoms with Crippen LogP contribution < -0.4 is 10.8 Å². The molecule has 0 spiro atoms. The summed E-state index contributed by atoms with van der Waals surface area (Å²) in [6.07, 6.45) is 4.66. The molecule has 0 bridgehead atoms. The van der Waals surface area contributed by atoms with Gasteiger partial charge in [-0.25, -0.2) is 4.28 Å². The molecule has 0 saturated heterocycles. The van der Waals surface area contributed by atoms with Crippen molar-refractivity contribution >= 4 is 23.8 Å². The van der Waals surface area contributed by atoms with Gasteiger partial charge in [0.2, 0.25) is 0 Å². The summed E-state index contributed by atoms with van der Waals surface area (Å²) < 4.78 is 10.6. The quantitative estimate of drug-likeness (QED) is 0.235. The number of carbonyl (C=O) groups excluding carboxylic acids is 1. The molecule has 0 radical (unpaired) electrons. The highest BCUT2D eigenvalue weighted by Gasteiger charge is 2.21. The molecule has 0 unspecified atom stereocenters.